The van der Waals surface area contributed by atoms with Gasteiger partial charge in [-0.1, -0.05) is 166 Å². The summed E-state index contributed by atoms with van der Waals surface area (Å²) in [5, 5.41) is 4.94. The van der Waals surface area contributed by atoms with Crippen molar-refractivity contribution in [2.24, 2.45) is 0 Å². The number of hydrogen-bond acceptors (Lipinski definition) is 2. The van der Waals surface area contributed by atoms with Crippen LogP contribution < -0.4 is 0 Å². The first-order chi connectivity index (χ1) is 32.0. The Balaban J connectivity index is 1.05. The highest BCUT2D eigenvalue weighted by Crippen LogP contribution is 2.50. The molecule has 0 fully saturated rings. The van der Waals surface area contributed by atoms with E-state index >= 15 is 0 Å². The highest BCUT2D eigenvalue weighted by molar-refractivity contribution is 6.10. The van der Waals surface area contributed by atoms with E-state index in [1.54, 1.807) is 0 Å². The number of nitrogens with zero attached hydrogens (tertiary/aromatic N) is 4. The fourth-order valence-electron chi connectivity index (χ4n) is 10.6. The molecular formula is C61H42N4. The Labute approximate surface area is 377 Å². The van der Waals surface area contributed by atoms with Crippen LogP contribution in [0.5, 0.6) is 0 Å². The molecule has 0 aliphatic heterocycles. The first kappa shape index (κ1) is 37.2. The quantitative estimate of drug-likeness (QED) is 0.167. The molecule has 65 heavy (non-hydrogen) atoms. The Morgan fingerprint density at radius 3 is 1.46 bits per heavy atom. The molecule has 9 aromatic carbocycles. The standard InChI is InChI=1S/C61H42N4/c1-61(2)52-26-11-6-21-46(52)47-32-31-41(37-53(47)61)54-38-55(63-60(62-54)39-17-4-3-5-18-39)43-33-42(35-45(36-43)65-58-29-14-9-24-50(58)51-25-10-15-30-59(51)65)40-19-16-20-44(34-40)64-56-27-12-7-22-48(56)49-23-8-13-28-57(49)64/h3-38H,1-2H3. The van der Waals surface area contributed by atoms with E-state index in [4.69, 9.17) is 9.97 Å². The van der Waals surface area contributed by atoms with Gasteiger partial charge >= 0.3 is 0 Å². The van der Waals surface area contributed by atoms with Gasteiger partial charge in [-0.2, -0.15) is 0 Å². The first-order valence-corrected chi connectivity index (χ1v) is 22.4. The maximum Gasteiger partial charge on any atom is 0.160 e. The molecule has 4 nitrogen and oxygen atoms in total. The normalized spacial score (nSPS) is 12.9. The van der Waals surface area contributed by atoms with Gasteiger partial charge in [-0.05, 0) is 100 Å². The van der Waals surface area contributed by atoms with Gasteiger partial charge in [-0.3, -0.25) is 0 Å². The van der Waals surface area contributed by atoms with Crippen molar-refractivity contribution in [3.8, 4) is 67.5 Å². The molecule has 1 aliphatic carbocycles. The molecule has 3 heterocycles. The molecule has 0 bridgehead atoms. The van der Waals surface area contributed by atoms with Crippen LogP contribution in [-0.4, -0.2) is 19.1 Å². The molecule has 0 radical (unpaired) electrons. The van der Waals surface area contributed by atoms with Gasteiger partial charge in [0.1, 0.15) is 0 Å². The average Bonchev–Trinajstić information content (AvgIpc) is 3.97. The van der Waals surface area contributed by atoms with Crippen molar-refractivity contribution in [2.45, 2.75) is 19.3 Å². The molecule has 3 aromatic heterocycles. The van der Waals surface area contributed by atoms with Gasteiger partial charge in [0.2, 0.25) is 0 Å². The summed E-state index contributed by atoms with van der Waals surface area (Å²) in [5.74, 6) is 0.693. The van der Waals surface area contributed by atoms with E-state index in [2.05, 4.69) is 235 Å². The second-order valence-electron chi connectivity index (χ2n) is 17.8. The summed E-state index contributed by atoms with van der Waals surface area (Å²) in [7, 11) is 0. The zero-order valence-electron chi connectivity index (χ0n) is 36.1. The average molecular weight is 831 g/mol. The second kappa shape index (κ2) is 14.3. The van der Waals surface area contributed by atoms with E-state index in [1.165, 1.54) is 54.8 Å². The van der Waals surface area contributed by atoms with Crippen LogP contribution in [0.2, 0.25) is 0 Å². The Morgan fingerprint density at radius 1 is 0.323 bits per heavy atom. The lowest BCUT2D eigenvalue weighted by atomic mass is 9.82. The van der Waals surface area contributed by atoms with E-state index in [-0.39, 0.29) is 5.41 Å². The van der Waals surface area contributed by atoms with Crippen molar-refractivity contribution < 1.29 is 0 Å². The third-order valence-corrected chi connectivity index (χ3v) is 13.7. The molecule has 0 saturated heterocycles. The lowest BCUT2D eigenvalue weighted by molar-refractivity contribution is 0.660. The van der Waals surface area contributed by atoms with Crippen LogP contribution in [0.25, 0.3) is 111 Å². The molecule has 1 aliphatic rings. The zero-order chi connectivity index (χ0) is 43.2. The van der Waals surface area contributed by atoms with E-state index in [9.17, 15) is 0 Å². The first-order valence-electron chi connectivity index (χ1n) is 22.4. The Hall–Kier alpha value is -8.34. The van der Waals surface area contributed by atoms with Gasteiger partial charge in [0.25, 0.3) is 0 Å². The largest absolute Gasteiger partial charge is 0.309 e. The second-order valence-corrected chi connectivity index (χ2v) is 17.8. The molecule has 0 unspecified atom stereocenters. The molecule has 0 atom stereocenters. The van der Waals surface area contributed by atoms with Gasteiger partial charge in [0.15, 0.2) is 5.82 Å². The molecule has 0 N–H and O–H groups in total. The SMILES string of the molecule is CC1(C)c2ccccc2-c2ccc(-c3cc(-c4cc(-c5cccc(-n6c7ccccc7c7ccccc76)c5)cc(-n5c6ccccc6c6ccccc65)c4)nc(-c4ccccc4)n3)cc21. The highest BCUT2D eigenvalue weighted by atomic mass is 15.0. The predicted octanol–water partition coefficient (Wildman–Crippen LogP) is 15.6. The monoisotopic (exact) mass is 830 g/mol. The van der Waals surface area contributed by atoms with E-state index in [0.29, 0.717) is 5.82 Å². The summed E-state index contributed by atoms with van der Waals surface area (Å²) in [6.07, 6.45) is 0. The number of benzene rings is 9. The highest BCUT2D eigenvalue weighted by Gasteiger charge is 2.35. The van der Waals surface area contributed by atoms with Gasteiger partial charge < -0.3 is 9.13 Å². The van der Waals surface area contributed by atoms with Crippen LogP contribution in [0.15, 0.2) is 218 Å². The number of para-hydroxylation sites is 4. The summed E-state index contributed by atoms with van der Waals surface area (Å²) < 4.78 is 4.81. The molecular weight excluding hydrogens is 789 g/mol. The maximum atomic E-state index is 5.42. The van der Waals surface area contributed by atoms with Crippen LogP contribution in [0, 0.1) is 0 Å². The summed E-state index contributed by atoms with van der Waals surface area (Å²) >= 11 is 0. The molecule has 12 aromatic rings. The Morgan fingerprint density at radius 2 is 0.815 bits per heavy atom. The maximum absolute atomic E-state index is 5.42. The van der Waals surface area contributed by atoms with Crippen molar-refractivity contribution in [2.75, 3.05) is 0 Å². The van der Waals surface area contributed by atoms with E-state index in [0.717, 1.165) is 61.6 Å². The topological polar surface area (TPSA) is 35.6 Å². The summed E-state index contributed by atoms with van der Waals surface area (Å²) in [4.78, 5) is 10.7. The molecule has 0 spiro atoms. The van der Waals surface area contributed by atoms with Crippen LogP contribution in [0.3, 0.4) is 0 Å². The van der Waals surface area contributed by atoms with Crippen molar-refractivity contribution in [1.82, 2.24) is 19.1 Å². The fourth-order valence-corrected chi connectivity index (χ4v) is 10.6. The van der Waals surface area contributed by atoms with Crippen molar-refractivity contribution in [3.05, 3.63) is 230 Å². The Kier molecular flexibility index (Phi) is 8.22. The molecule has 13 rings (SSSR count). The minimum Gasteiger partial charge on any atom is -0.309 e. The van der Waals surface area contributed by atoms with Gasteiger partial charge in [0.05, 0.1) is 33.5 Å². The third kappa shape index (κ3) is 5.84. The predicted molar refractivity (Wildman–Crippen MR) is 270 cm³/mol. The number of hydrogen-bond donors (Lipinski definition) is 0. The van der Waals surface area contributed by atoms with Crippen LogP contribution in [0.4, 0.5) is 0 Å². The van der Waals surface area contributed by atoms with E-state index in [1.807, 2.05) is 6.07 Å². The van der Waals surface area contributed by atoms with Crippen molar-refractivity contribution in [3.63, 3.8) is 0 Å². The van der Waals surface area contributed by atoms with E-state index < -0.39 is 0 Å². The summed E-state index contributed by atoms with van der Waals surface area (Å²) in [6, 6.07) is 79.0. The van der Waals surface area contributed by atoms with Gasteiger partial charge in [-0.25, -0.2) is 9.97 Å². The van der Waals surface area contributed by atoms with Crippen molar-refractivity contribution in [1.29, 1.82) is 0 Å². The minimum atomic E-state index is -0.140. The summed E-state index contributed by atoms with van der Waals surface area (Å²) in [5.41, 5.74) is 19.0. The fraction of sp³-hybridized carbons (Fsp3) is 0.0492. The molecule has 0 amide bonds. The van der Waals surface area contributed by atoms with Gasteiger partial charge in [0, 0.05) is 55.0 Å². The Bertz CT molecular complexity index is 3760. The van der Waals surface area contributed by atoms with Gasteiger partial charge in [-0.15, -0.1) is 0 Å². The van der Waals surface area contributed by atoms with Crippen LogP contribution >= 0.6 is 0 Å². The lowest BCUT2D eigenvalue weighted by Crippen LogP contribution is -2.14. The van der Waals surface area contributed by atoms with Crippen molar-refractivity contribution >= 4 is 43.6 Å². The lowest BCUT2D eigenvalue weighted by Gasteiger charge is -2.22. The van der Waals surface area contributed by atoms with Crippen LogP contribution in [0.1, 0.15) is 25.0 Å². The zero-order valence-corrected chi connectivity index (χ0v) is 36.1. The number of aromatic nitrogens is 4. The number of rotatable bonds is 6. The molecule has 4 heteroatoms. The number of fused-ring (bicyclic) bond motifs is 9. The van der Waals surface area contributed by atoms with Crippen LogP contribution in [-0.2, 0) is 5.41 Å². The third-order valence-electron chi connectivity index (χ3n) is 13.7. The summed E-state index contributed by atoms with van der Waals surface area (Å²) in [6.45, 7) is 4.67. The minimum absolute atomic E-state index is 0.140. The molecule has 0 saturated carbocycles. The smallest absolute Gasteiger partial charge is 0.160 e. The molecule has 306 valence electrons.